The Kier molecular flexibility index (Phi) is 7.53. The number of nitrogens with zero attached hydrogens (tertiary/aromatic N) is 1. The molecule has 6 heteroatoms. The van der Waals surface area contributed by atoms with Gasteiger partial charge in [-0.15, -0.1) is 0 Å². The minimum atomic E-state index is -0.581. The van der Waals surface area contributed by atoms with Crippen LogP contribution in [-0.4, -0.2) is 31.1 Å². The number of carbonyl (C=O) groups excluding carboxylic acids is 2. The van der Waals surface area contributed by atoms with E-state index in [1.54, 1.807) is 23.1 Å². The van der Waals surface area contributed by atoms with E-state index in [1.807, 2.05) is 37.3 Å². The monoisotopic (exact) mass is 415 g/mol. The fourth-order valence-electron chi connectivity index (χ4n) is 3.59. The van der Waals surface area contributed by atoms with Crippen LogP contribution in [0.3, 0.4) is 0 Å². The van der Waals surface area contributed by atoms with E-state index in [4.69, 9.17) is 21.1 Å². The summed E-state index contributed by atoms with van der Waals surface area (Å²) >= 11 is 5.98. The average molecular weight is 416 g/mol. The maximum absolute atomic E-state index is 12.9. The Labute approximate surface area is 176 Å². The SMILES string of the molecule is Cc1cc(OCC(=O)OCC(=O)N(c2ccccc2)C2CCCCC2)ccc1Cl. The number of rotatable bonds is 7. The number of hydrogen-bond donors (Lipinski definition) is 0. The molecular formula is C23H26ClNO4. The molecule has 0 atom stereocenters. The molecule has 0 spiro atoms. The Morgan fingerprint density at radius 1 is 1.03 bits per heavy atom. The molecular weight excluding hydrogens is 390 g/mol. The van der Waals surface area contributed by atoms with Gasteiger partial charge in [0, 0.05) is 16.8 Å². The van der Waals surface area contributed by atoms with Crippen molar-refractivity contribution in [3.63, 3.8) is 0 Å². The number of benzene rings is 2. The Hall–Kier alpha value is -2.53. The van der Waals surface area contributed by atoms with Gasteiger partial charge < -0.3 is 14.4 Å². The second-order valence-corrected chi connectivity index (χ2v) is 7.66. The molecule has 2 aromatic carbocycles. The standard InChI is InChI=1S/C23H26ClNO4/c1-17-14-20(12-13-21(17)24)28-16-23(27)29-15-22(26)25(18-8-4-2-5-9-18)19-10-6-3-7-11-19/h2,4-5,8-9,12-14,19H,3,6-7,10-11,15-16H2,1H3. The minimum absolute atomic E-state index is 0.144. The van der Waals surface area contributed by atoms with Crippen LogP contribution in [0.25, 0.3) is 0 Å². The van der Waals surface area contributed by atoms with Crippen molar-refractivity contribution in [3.05, 3.63) is 59.1 Å². The van der Waals surface area contributed by atoms with Gasteiger partial charge in [0.25, 0.3) is 5.91 Å². The third-order valence-corrected chi connectivity index (χ3v) is 5.51. The number of para-hydroxylation sites is 1. The Morgan fingerprint density at radius 3 is 2.45 bits per heavy atom. The zero-order valence-electron chi connectivity index (χ0n) is 16.6. The van der Waals surface area contributed by atoms with Crippen LogP contribution >= 0.6 is 11.6 Å². The quantitative estimate of drug-likeness (QED) is 0.601. The summed E-state index contributed by atoms with van der Waals surface area (Å²) in [6.07, 6.45) is 5.34. The summed E-state index contributed by atoms with van der Waals surface area (Å²) < 4.78 is 10.6. The first kappa shape index (κ1) is 21.2. The fourth-order valence-corrected chi connectivity index (χ4v) is 3.71. The van der Waals surface area contributed by atoms with Crippen molar-refractivity contribution >= 4 is 29.2 Å². The zero-order valence-corrected chi connectivity index (χ0v) is 17.4. The second kappa shape index (κ2) is 10.3. The lowest BCUT2D eigenvalue weighted by molar-refractivity contribution is -0.149. The molecule has 0 N–H and O–H groups in total. The summed E-state index contributed by atoms with van der Waals surface area (Å²) in [4.78, 5) is 26.7. The Bertz CT molecular complexity index is 834. The van der Waals surface area contributed by atoms with Crippen LogP contribution in [0.15, 0.2) is 48.5 Å². The summed E-state index contributed by atoms with van der Waals surface area (Å²) in [6, 6.07) is 14.9. The normalized spacial score (nSPS) is 14.3. The van der Waals surface area contributed by atoms with Crippen molar-refractivity contribution in [2.45, 2.75) is 45.1 Å². The van der Waals surface area contributed by atoms with Gasteiger partial charge in [-0.1, -0.05) is 49.1 Å². The number of esters is 1. The first-order valence-corrected chi connectivity index (χ1v) is 10.3. The van der Waals surface area contributed by atoms with Crippen molar-refractivity contribution in [2.75, 3.05) is 18.1 Å². The lowest BCUT2D eigenvalue weighted by atomic mass is 9.93. The maximum Gasteiger partial charge on any atom is 0.344 e. The second-order valence-electron chi connectivity index (χ2n) is 7.25. The smallest absolute Gasteiger partial charge is 0.344 e. The number of halogens is 1. The van der Waals surface area contributed by atoms with E-state index in [-0.39, 0.29) is 25.2 Å². The van der Waals surface area contributed by atoms with E-state index in [0.29, 0.717) is 10.8 Å². The van der Waals surface area contributed by atoms with Crippen LogP contribution in [0.5, 0.6) is 5.75 Å². The van der Waals surface area contributed by atoms with Crippen molar-refractivity contribution in [1.29, 1.82) is 0 Å². The van der Waals surface area contributed by atoms with E-state index in [9.17, 15) is 9.59 Å². The number of aryl methyl sites for hydroxylation is 1. The molecule has 0 bridgehead atoms. The number of ether oxygens (including phenoxy) is 2. The highest BCUT2D eigenvalue weighted by atomic mass is 35.5. The Balaban J connectivity index is 1.56. The molecule has 5 nitrogen and oxygen atoms in total. The van der Waals surface area contributed by atoms with E-state index < -0.39 is 5.97 Å². The number of amides is 1. The largest absolute Gasteiger partial charge is 0.482 e. The predicted octanol–water partition coefficient (Wildman–Crippen LogP) is 4.94. The molecule has 2 aromatic rings. The van der Waals surface area contributed by atoms with Crippen molar-refractivity contribution in [1.82, 2.24) is 0 Å². The fraction of sp³-hybridized carbons (Fsp3) is 0.391. The molecule has 1 aliphatic carbocycles. The molecule has 0 heterocycles. The van der Waals surface area contributed by atoms with E-state index in [1.165, 1.54) is 6.42 Å². The summed E-state index contributed by atoms with van der Waals surface area (Å²) in [6.45, 7) is 1.30. The van der Waals surface area contributed by atoms with E-state index in [0.717, 1.165) is 36.9 Å². The van der Waals surface area contributed by atoms with Gasteiger partial charge in [-0.25, -0.2) is 4.79 Å². The highest BCUT2D eigenvalue weighted by molar-refractivity contribution is 6.31. The molecule has 154 valence electrons. The number of anilines is 1. The topological polar surface area (TPSA) is 55.8 Å². The first-order valence-electron chi connectivity index (χ1n) is 9.96. The van der Waals surface area contributed by atoms with Crippen LogP contribution in [0.4, 0.5) is 5.69 Å². The van der Waals surface area contributed by atoms with Gasteiger partial charge >= 0.3 is 5.97 Å². The molecule has 1 saturated carbocycles. The third-order valence-electron chi connectivity index (χ3n) is 5.09. The highest BCUT2D eigenvalue weighted by Gasteiger charge is 2.27. The summed E-state index contributed by atoms with van der Waals surface area (Å²) in [5.74, 6) is -0.260. The van der Waals surface area contributed by atoms with Crippen molar-refractivity contribution < 1.29 is 19.1 Å². The van der Waals surface area contributed by atoms with Gasteiger partial charge in [-0.3, -0.25) is 4.79 Å². The van der Waals surface area contributed by atoms with Crippen LogP contribution in [0.1, 0.15) is 37.7 Å². The van der Waals surface area contributed by atoms with Gasteiger partial charge in [0.1, 0.15) is 5.75 Å². The molecule has 0 radical (unpaired) electrons. The number of carbonyl (C=O) groups is 2. The summed E-state index contributed by atoms with van der Waals surface area (Å²) in [5.41, 5.74) is 1.70. The molecule has 0 unspecified atom stereocenters. The van der Waals surface area contributed by atoms with Crippen molar-refractivity contribution in [2.24, 2.45) is 0 Å². The molecule has 0 aliphatic heterocycles. The van der Waals surface area contributed by atoms with Gasteiger partial charge in [0.2, 0.25) is 0 Å². The maximum atomic E-state index is 12.9. The molecule has 1 aliphatic rings. The minimum Gasteiger partial charge on any atom is -0.482 e. The van der Waals surface area contributed by atoms with E-state index >= 15 is 0 Å². The highest BCUT2D eigenvalue weighted by Crippen LogP contribution is 2.27. The van der Waals surface area contributed by atoms with Crippen LogP contribution in [0.2, 0.25) is 5.02 Å². The summed E-state index contributed by atoms with van der Waals surface area (Å²) in [5, 5.41) is 0.634. The molecule has 0 saturated heterocycles. The zero-order chi connectivity index (χ0) is 20.6. The van der Waals surface area contributed by atoms with Crippen LogP contribution < -0.4 is 9.64 Å². The molecule has 1 amide bonds. The van der Waals surface area contributed by atoms with E-state index in [2.05, 4.69) is 0 Å². The van der Waals surface area contributed by atoms with Gasteiger partial charge in [0.15, 0.2) is 13.2 Å². The predicted molar refractivity (Wildman–Crippen MR) is 113 cm³/mol. The molecule has 1 fully saturated rings. The number of hydrogen-bond acceptors (Lipinski definition) is 4. The van der Waals surface area contributed by atoms with Gasteiger partial charge in [-0.2, -0.15) is 0 Å². The van der Waals surface area contributed by atoms with Crippen LogP contribution in [-0.2, 0) is 14.3 Å². The first-order chi connectivity index (χ1) is 14.0. The third kappa shape index (κ3) is 5.97. The van der Waals surface area contributed by atoms with Gasteiger partial charge in [0.05, 0.1) is 0 Å². The van der Waals surface area contributed by atoms with Crippen LogP contribution in [0, 0.1) is 6.92 Å². The lowest BCUT2D eigenvalue weighted by Crippen LogP contribution is -2.44. The molecule has 0 aromatic heterocycles. The van der Waals surface area contributed by atoms with Crippen molar-refractivity contribution in [3.8, 4) is 5.75 Å². The Morgan fingerprint density at radius 2 is 1.76 bits per heavy atom. The molecule has 3 rings (SSSR count). The lowest BCUT2D eigenvalue weighted by Gasteiger charge is -2.34. The average Bonchev–Trinajstić information content (AvgIpc) is 2.75. The molecule has 29 heavy (non-hydrogen) atoms. The van der Waals surface area contributed by atoms with Gasteiger partial charge in [-0.05, 0) is 55.7 Å². The summed E-state index contributed by atoms with van der Waals surface area (Å²) in [7, 11) is 0.